The second-order valence-corrected chi connectivity index (χ2v) is 3.41. The lowest BCUT2D eigenvalue weighted by atomic mass is 10.2. The van der Waals surface area contributed by atoms with Crippen molar-refractivity contribution >= 4 is 34.8 Å². The summed E-state index contributed by atoms with van der Waals surface area (Å²) in [6, 6.07) is 2.96. The molecule has 0 bridgehead atoms. The van der Waals surface area contributed by atoms with Crippen molar-refractivity contribution < 1.29 is 13.5 Å². The Balaban J connectivity index is 3.11. The van der Waals surface area contributed by atoms with Crippen LogP contribution in [0, 0.1) is 0 Å². The van der Waals surface area contributed by atoms with E-state index < -0.39 is 6.61 Å². The first-order chi connectivity index (χ1) is 6.56. The van der Waals surface area contributed by atoms with Crippen LogP contribution in [-0.2, 0) is 5.88 Å². The predicted molar refractivity (Wildman–Crippen MR) is 52.7 cm³/mol. The van der Waals surface area contributed by atoms with Gasteiger partial charge in [-0.3, -0.25) is 0 Å². The van der Waals surface area contributed by atoms with Gasteiger partial charge in [0, 0.05) is 5.88 Å². The lowest BCUT2D eigenvalue weighted by Crippen LogP contribution is -2.03. The Labute approximate surface area is 94.5 Å². The zero-order valence-corrected chi connectivity index (χ0v) is 9.01. The van der Waals surface area contributed by atoms with E-state index in [4.69, 9.17) is 34.8 Å². The summed E-state index contributed by atoms with van der Waals surface area (Å²) in [6.45, 7) is -2.96. The molecular formula is C8H5Cl3F2O. The molecule has 1 nitrogen and oxygen atoms in total. The summed E-state index contributed by atoms with van der Waals surface area (Å²) in [5.74, 6) is -0.128. The van der Waals surface area contributed by atoms with E-state index in [9.17, 15) is 8.78 Å². The van der Waals surface area contributed by atoms with E-state index in [1.54, 1.807) is 6.07 Å². The largest absolute Gasteiger partial charge is 0.432 e. The molecule has 0 heterocycles. The van der Waals surface area contributed by atoms with Crippen molar-refractivity contribution in [3.8, 4) is 5.75 Å². The summed E-state index contributed by atoms with van der Waals surface area (Å²) in [5.41, 5.74) is 0.494. The van der Waals surface area contributed by atoms with Crippen molar-refractivity contribution in [1.82, 2.24) is 0 Å². The van der Waals surface area contributed by atoms with Crippen molar-refractivity contribution in [1.29, 1.82) is 0 Å². The highest BCUT2D eigenvalue weighted by molar-refractivity contribution is 6.38. The zero-order valence-electron chi connectivity index (χ0n) is 6.74. The van der Waals surface area contributed by atoms with E-state index in [1.165, 1.54) is 6.07 Å². The van der Waals surface area contributed by atoms with E-state index >= 15 is 0 Å². The summed E-state index contributed by atoms with van der Waals surface area (Å²) in [6.07, 6.45) is 0. The summed E-state index contributed by atoms with van der Waals surface area (Å²) >= 11 is 16.9. The second kappa shape index (κ2) is 5.01. The summed E-state index contributed by atoms with van der Waals surface area (Å²) < 4.78 is 28.0. The fourth-order valence-electron chi connectivity index (χ4n) is 0.874. The van der Waals surface area contributed by atoms with Gasteiger partial charge in [0.05, 0.1) is 10.0 Å². The van der Waals surface area contributed by atoms with Gasteiger partial charge in [-0.2, -0.15) is 8.78 Å². The standard InChI is InChI=1S/C8H5Cl3F2O/c9-3-4-1-2-5(10)7(6(4)11)14-8(12)13/h1-2,8H,3H2. The minimum Gasteiger partial charge on any atom is -0.432 e. The SMILES string of the molecule is FC(F)Oc1c(Cl)ccc(CCl)c1Cl. The van der Waals surface area contributed by atoms with E-state index in [1.807, 2.05) is 0 Å². The number of hydrogen-bond donors (Lipinski definition) is 0. The molecule has 0 spiro atoms. The monoisotopic (exact) mass is 260 g/mol. The van der Waals surface area contributed by atoms with Gasteiger partial charge in [-0.15, -0.1) is 11.6 Å². The van der Waals surface area contributed by atoms with Crippen LogP contribution >= 0.6 is 34.8 Å². The van der Waals surface area contributed by atoms with Crippen LogP contribution in [0.15, 0.2) is 12.1 Å². The summed E-state index contributed by atoms with van der Waals surface area (Å²) in [5, 5.41) is 0.0527. The Morgan fingerprint density at radius 1 is 1.29 bits per heavy atom. The Bertz CT molecular complexity index is 331. The quantitative estimate of drug-likeness (QED) is 0.736. The smallest absolute Gasteiger partial charge is 0.387 e. The molecule has 78 valence electrons. The molecule has 0 aromatic heterocycles. The highest BCUT2D eigenvalue weighted by Crippen LogP contribution is 2.37. The molecule has 1 aromatic rings. The van der Waals surface area contributed by atoms with Gasteiger partial charge in [0.1, 0.15) is 0 Å². The topological polar surface area (TPSA) is 9.23 Å². The Kier molecular flexibility index (Phi) is 4.23. The molecule has 1 rings (SSSR count). The third-order valence-electron chi connectivity index (χ3n) is 1.48. The maximum absolute atomic E-state index is 11.9. The highest BCUT2D eigenvalue weighted by atomic mass is 35.5. The van der Waals surface area contributed by atoms with Gasteiger partial charge in [-0.1, -0.05) is 29.3 Å². The predicted octanol–water partition coefficient (Wildman–Crippen LogP) is 4.33. The molecule has 6 heteroatoms. The van der Waals surface area contributed by atoms with Gasteiger partial charge >= 0.3 is 6.61 Å². The van der Waals surface area contributed by atoms with Crippen LogP contribution in [0.4, 0.5) is 8.78 Å². The van der Waals surface area contributed by atoms with Gasteiger partial charge in [-0.05, 0) is 11.6 Å². The van der Waals surface area contributed by atoms with Gasteiger partial charge in [0.25, 0.3) is 0 Å². The van der Waals surface area contributed by atoms with Gasteiger partial charge < -0.3 is 4.74 Å². The van der Waals surface area contributed by atoms with E-state index in [2.05, 4.69) is 4.74 Å². The maximum Gasteiger partial charge on any atom is 0.387 e. The van der Waals surface area contributed by atoms with Crippen molar-refractivity contribution in [3.05, 3.63) is 27.7 Å². The zero-order chi connectivity index (χ0) is 10.7. The van der Waals surface area contributed by atoms with Crippen LogP contribution in [0.2, 0.25) is 10.0 Å². The summed E-state index contributed by atoms with van der Waals surface area (Å²) in [7, 11) is 0. The molecule has 0 fully saturated rings. The van der Waals surface area contributed by atoms with E-state index in [-0.39, 0.29) is 21.7 Å². The molecule has 1 aromatic carbocycles. The average Bonchev–Trinajstić information content (AvgIpc) is 2.12. The maximum atomic E-state index is 11.9. The first-order valence-corrected chi connectivity index (χ1v) is 4.83. The van der Waals surface area contributed by atoms with Crippen LogP contribution < -0.4 is 4.74 Å². The second-order valence-electron chi connectivity index (χ2n) is 2.36. The third kappa shape index (κ3) is 2.62. The molecule has 0 saturated carbocycles. The molecule has 0 aliphatic heterocycles. The molecule has 0 aliphatic rings. The first-order valence-electron chi connectivity index (χ1n) is 3.54. The lowest BCUT2D eigenvalue weighted by Gasteiger charge is -2.10. The number of benzene rings is 1. The Morgan fingerprint density at radius 3 is 2.43 bits per heavy atom. The number of halogens is 5. The molecule has 0 N–H and O–H groups in total. The van der Waals surface area contributed by atoms with Crippen LogP contribution in [0.1, 0.15) is 5.56 Å². The fraction of sp³-hybridized carbons (Fsp3) is 0.250. The molecule has 0 unspecified atom stereocenters. The number of rotatable bonds is 3. The number of hydrogen-bond acceptors (Lipinski definition) is 1. The van der Waals surface area contributed by atoms with E-state index in [0.29, 0.717) is 5.56 Å². The van der Waals surface area contributed by atoms with Crippen molar-refractivity contribution in [2.45, 2.75) is 12.5 Å². The van der Waals surface area contributed by atoms with Gasteiger partial charge in [0.15, 0.2) is 5.75 Å². The fourth-order valence-corrected chi connectivity index (χ4v) is 1.69. The lowest BCUT2D eigenvalue weighted by molar-refractivity contribution is -0.0497. The molecule has 0 aliphatic carbocycles. The van der Waals surface area contributed by atoms with E-state index in [0.717, 1.165) is 0 Å². The molecule has 0 radical (unpaired) electrons. The third-order valence-corrected chi connectivity index (χ3v) is 2.48. The van der Waals surface area contributed by atoms with Gasteiger partial charge in [0.2, 0.25) is 0 Å². The van der Waals surface area contributed by atoms with Crippen LogP contribution in [0.5, 0.6) is 5.75 Å². The van der Waals surface area contributed by atoms with Crippen molar-refractivity contribution in [3.63, 3.8) is 0 Å². The first kappa shape index (κ1) is 11.8. The van der Waals surface area contributed by atoms with Crippen molar-refractivity contribution in [2.24, 2.45) is 0 Å². The van der Waals surface area contributed by atoms with Crippen LogP contribution in [0.25, 0.3) is 0 Å². The Morgan fingerprint density at radius 2 is 1.93 bits per heavy atom. The highest BCUT2D eigenvalue weighted by Gasteiger charge is 2.15. The molecule has 14 heavy (non-hydrogen) atoms. The van der Waals surface area contributed by atoms with Crippen LogP contribution in [-0.4, -0.2) is 6.61 Å². The Hall–Kier alpha value is -0.250. The minimum atomic E-state index is -2.96. The van der Waals surface area contributed by atoms with Crippen LogP contribution in [0.3, 0.4) is 0 Å². The molecule has 0 amide bonds. The molecular weight excluding hydrogens is 256 g/mol. The molecule has 0 atom stereocenters. The minimum absolute atomic E-state index is 0.0211. The summed E-state index contributed by atoms with van der Waals surface area (Å²) in [4.78, 5) is 0. The number of ether oxygens (including phenoxy) is 1. The van der Waals surface area contributed by atoms with Crippen molar-refractivity contribution in [2.75, 3.05) is 0 Å². The molecule has 0 saturated heterocycles. The van der Waals surface area contributed by atoms with Gasteiger partial charge in [-0.25, -0.2) is 0 Å². The average molecular weight is 261 g/mol. The number of alkyl halides is 3. The normalized spacial score (nSPS) is 10.7.